The average Bonchev–Trinajstić information content (AvgIpc) is 3.19. The van der Waals surface area contributed by atoms with Crippen molar-refractivity contribution in [3.05, 3.63) is 70.6 Å². The van der Waals surface area contributed by atoms with Crippen LogP contribution >= 0.6 is 22.9 Å². The van der Waals surface area contributed by atoms with Crippen LogP contribution in [0.3, 0.4) is 0 Å². The van der Waals surface area contributed by atoms with E-state index in [9.17, 15) is 17.2 Å². The molecule has 3 aromatic heterocycles. The van der Waals surface area contributed by atoms with Crippen molar-refractivity contribution in [2.45, 2.75) is 31.1 Å². The summed E-state index contributed by atoms with van der Waals surface area (Å²) in [6.07, 6.45) is 1.52. The lowest BCUT2D eigenvalue weighted by atomic mass is 9.98. The minimum Gasteiger partial charge on any atom is -0.263 e. The lowest BCUT2D eigenvalue weighted by molar-refractivity contribution is 0.521. The van der Waals surface area contributed by atoms with Crippen LogP contribution in [0.5, 0.6) is 0 Å². The summed E-state index contributed by atoms with van der Waals surface area (Å²) in [5.41, 5.74) is 1.05. The number of nitrogens with zero attached hydrogens (tertiary/aromatic N) is 4. The van der Waals surface area contributed by atoms with Crippen LogP contribution in [0.15, 0.2) is 53.6 Å². The van der Waals surface area contributed by atoms with Gasteiger partial charge in [-0.1, -0.05) is 32.9 Å². The molecule has 34 heavy (non-hydrogen) atoms. The largest absolute Gasteiger partial charge is 0.268 e. The van der Waals surface area contributed by atoms with E-state index in [2.05, 4.69) is 19.7 Å². The molecule has 0 radical (unpaired) electrons. The summed E-state index contributed by atoms with van der Waals surface area (Å²) in [6, 6.07) is 9.08. The van der Waals surface area contributed by atoms with E-state index in [0.717, 1.165) is 23.2 Å². The molecule has 0 spiro atoms. The van der Waals surface area contributed by atoms with E-state index in [-0.39, 0.29) is 16.5 Å². The van der Waals surface area contributed by atoms with Crippen molar-refractivity contribution in [3.63, 3.8) is 0 Å². The number of pyridine rings is 1. The van der Waals surface area contributed by atoms with Crippen molar-refractivity contribution in [3.8, 4) is 22.0 Å². The highest BCUT2D eigenvalue weighted by atomic mass is 35.5. The maximum atomic E-state index is 14.1. The maximum Gasteiger partial charge on any atom is 0.268 e. The van der Waals surface area contributed by atoms with Gasteiger partial charge in [-0.3, -0.25) is 4.72 Å². The number of benzene rings is 1. The van der Waals surface area contributed by atoms with E-state index in [1.807, 2.05) is 20.8 Å². The van der Waals surface area contributed by atoms with Crippen molar-refractivity contribution < 1.29 is 17.2 Å². The topological polar surface area (TPSA) is 97.7 Å². The molecule has 0 aliphatic carbocycles. The van der Waals surface area contributed by atoms with Gasteiger partial charge in [-0.15, -0.1) is 11.3 Å². The SMILES string of the molecule is CC(C)(C)c1nc(-c2cccc(NS(=O)(=O)c3c(F)cccc3F)n2)c(-c2ccnc(Cl)n2)s1. The molecule has 12 heteroatoms. The van der Waals surface area contributed by atoms with Gasteiger partial charge < -0.3 is 0 Å². The first kappa shape index (κ1) is 24.1. The van der Waals surface area contributed by atoms with Gasteiger partial charge in [0, 0.05) is 11.6 Å². The van der Waals surface area contributed by atoms with Crippen LogP contribution in [0.2, 0.25) is 5.28 Å². The molecule has 4 aromatic rings. The maximum absolute atomic E-state index is 14.1. The average molecular weight is 522 g/mol. The fraction of sp³-hybridized carbons (Fsp3) is 0.182. The number of halogens is 3. The van der Waals surface area contributed by atoms with Crippen LogP contribution in [0, 0.1) is 11.6 Å². The number of aromatic nitrogens is 4. The van der Waals surface area contributed by atoms with Crippen molar-refractivity contribution in [2.24, 2.45) is 0 Å². The fourth-order valence-electron chi connectivity index (χ4n) is 3.00. The lowest BCUT2D eigenvalue weighted by Crippen LogP contribution is -2.17. The molecule has 0 aliphatic heterocycles. The third kappa shape index (κ3) is 4.91. The predicted octanol–water partition coefficient (Wildman–Crippen LogP) is 5.69. The monoisotopic (exact) mass is 521 g/mol. The first-order chi connectivity index (χ1) is 16.0. The Balaban J connectivity index is 1.79. The van der Waals surface area contributed by atoms with Crippen molar-refractivity contribution in [1.29, 1.82) is 0 Å². The smallest absolute Gasteiger partial charge is 0.263 e. The zero-order valence-corrected chi connectivity index (χ0v) is 20.6. The van der Waals surface area contributed by atoms with Gasteiger partial charge in [-0.25, -0.2) is 37.1 Å². The van der Waals surface area contributed by atoms with Gasteiger partial charge >= 0.3 is 0 Å². The van der Waals surface area contributed by atoms with E-state index in [1.165, 1.54) is 23.6 Å². The Hall–Kier alpha value is -3.02. The van der Waals surface area contributed by atoms with E-state index in [0.29, 0.717) is 22.0 Å². The zero-order chi connectivity index (χ0) is 24.7. The Labute approximate surface area is 204 Å². The molecule has 0 bridgehead atoms. The van der Waals surface area contributed by atoms with Crippen molar-refractivity contribution in [2.75, 3.05) is 4.72 Å². The molecule has 3 heterocycles. The lowest BCUT2D eigenvalue weighted by Gasteiger charge is -2.13. The minimum atomic E-state index is -4.58. The highest BCUT2D eigenvalue weighted by Gasteiger charge is 2.26. The predicted molar refractivity (Wildman–Crippen MR) is 127 cm³/mol. The van der Waals surface area contributed by atoms with Crippen LogP contribution in [-0.4, -0.2) is 28.4 Å². The molecule has 0 aliphatic rings. The van der Waals surface area contributed by atoms with E-state index < -0.39 is 26.6 Å². The second-order valence-corrected chi connectivity index (χ2v) is 11.2. The summed E-state index contributed by atoms with van der Waals surface area (Å²) >= 11 is 7.38. The number of rotatable bonds is 5. The first-order valence-electron chi connectivity index (χ1n) is 9.90. The van der Waals surface area contributed by atoms with Gasteiger partial charge in [0.25, 0.3) is 10.0 Å². The third-order valence-corrected chi connectivity index (χ3v) is 7.64. The van der Waals surface area contributed by atoms with Crippen LogP contribution in [0.4, 0.5) is 14.6 Å². The van der Waals surface area contributed by atoms with Crippen LogP contribution in [-0.2, 0) is 15.4 Å². The third-order valence-electron chi connectivity index (χ3n) is 4.55. The molecule has 1 N–H and O–H groups in total. The standard InChI is InChI=1S/C22H18ClF2N5O2S2/c1-22(2,3)20-29-17(18(33-20)15-10-11-26-21(23)28-15)14-8-5-9-16(27-14)30-34(31,32)19-12(24)6-4-7-13(19)25/h4-11H,1-3H3,(H,27,30). The molecule has 7 nitrogen and oxygen atoms in total. The summed E-state index contributed by atoms with van der Waals surface area (Å²) in [6.45, 7) is 6.02. The van der Waals surface area contributed by atoms with Gasteiger partial charge in [-0.05, 0) is 41.9 Å². The van der Waals surface area contributed by atoms with Crippen LogP contribution in [0.1, 0.15) is 25.8 Å². The first-order valence-corrected chi connectivity index (χ1v) is 12.6. The molecule has 0 amide bonds. The Bertz CT molecular complexity index is 1470. The summed E-state index contributed by atoms with van der Waals surface area (Å²) in [7, 11) is -4.58. The van der Waals surface area contributed by atoms with E-state index >= 15 is 0 Å². The molecule has 0 atom stereocenters. The highest BCUT2D eigenvalue weighted by molar-refractivity contribution is 7.92. The Morgan fingerprint density at radius 2 is 1.62 bits per heavy atom. The van der Waals surface area contributed by atoms with Crippen LogP contribution < -0.4 is 4.72 Å². The summed E-state index contributed by atoms with van der Waals surface area (Å²) < 4.78 is 55.6. The normalized spacial score (nSPS) is 12.1. The molecule has 0 saturated carbocycles. The van der Waals surface area contributed by atoms with Gasteiger partial charge in [-0.2, -0.15) is 0 Å². The van der Waals surface area contributed by atoms with Crippen molar-refractivity contribution in [1.82, 2.24) is 19.9 Å². The Kier molecular flexibility index (Phi) is 6.36. The van der Waals surface area contributed by atoms with Gasteiger partial charge in [0.05, 0.1) is 21.3 Å². The molecule has 0 unspecified atom stereocenters. The van der Waals surface area contributed by atoms with Gasteiger partial charge in [0.2, 0.25) is 5.28 Å². The summed E-state index contributed by atoms with van der Waals surface area (Å²) in [5.74, 6) is -2.54. The fourth-order valence-corrected chi connectivity index (χ4v) is 5.39. The summed E-state index contributed by atoms with van der Waals surface area (Å²) in [4.78, 5) is 16.8. The second kappa shape index (κ2) is 8.97. The highest BCUT2D eigenvalue weighted by Crippen LogP contribution is 2.40. The van der Waals surface area contributed by atoms with E-state index in [4.69, 9.17) is 16.6 Å². The number of anilines is 1. The Morgan fingerprint density at radius 3 is 2.26 bits per heavy atom. The molecule has 0 fully saturated rings. The number of sulfonamides is 1. The molecule has 176 valence electrons. The van der Waals surface area contributed by atoms with Crippen LogP contribution in [0.25, 0.3) is 22.0 Å². The van der Waals surface area contributed by atoms with E-state index in [1.54, 1.807) is 18.2 Å². The molecular formula is C22H18ClF2N5O2S2. The molecular weight excluding hydrogens is 504 g/mol. The number of thiazole rings is 1. The number of hydrogen-bond donors (Lipinski definition) is 1. The van der Waals surface area contributed by atoms with Gasteiger partial charge in [0.15, 0.2) is 4.90 Å². The minimum absolute atomic E-state index is 0.0653. The summed E-state index contributed by atoms with van der Waals surface area (Å²) in [5, 5.41) is 0.865. The molecule has 0 saturated heterocycles. The Morgan fingerprint density at radius 1 is 0.941 bits per heavy atom. The van der Waals surface area contributed by atoms with Crippen molar-refractivity contribution >= 4 is 38.8 Å². The second-order valence-electron chi connectivity index (χ2n) is 8.22. The number of hydrogen-bond acceptors (Lipinski definition) is 7. The molecule has 1 aromatic carbocycles. The number of nitrogens with one attached hydrogen (secondary N) is 1. The molecule has 4 rings (SSSR count). The quantitative estimate of drug-likeness (QED) is 0.339. The zero-order valence-electron chi connectivity index (χ0n) is 18.2. The van der Waals surface area contributed by atoms with Gasteiger partial charge in [0.1, 0.15) is 23.1 Å².